The lowest BCUT2D eigenvalue weighted by molar-refractivity contribution is 0.201. The lowest BCUT2D eigenvalue weighted by atomic mass is 9.99. The van der Waals surface area contributed by atoms with E-state index in [0.29, 0.717) is 5.75 Å². The Hall–Kier alpha value is -1.55. The third-order valence-corrected chi connectivity index (χ3v) is 3.26. The van der Waals surface area contributed by atoms with Crippen molar-refractivity contribution in [3.8, 4) is 5.75 Å². The zero-order valence-corrected chi connectivity index (χ0v) is 10.6. The SMILES string of the molecule is CNC(=O)Oc1cccc2c1[N+](C)(C)CCC2. The average molecular weight is 235 g/mol. The molecule has 0 saturated heterocycles. The van der Waals surface area contributed by atoms with Crippen LogP contribution in [0.2, 0.25) is 0 Å². The molecule has 1 N–H and O–H groups in total. The standard InChI is InChI=1S/C13H18N2O2/c1-14-13(16)17-11-8-4-6-10-7-5-9-15(2,3)12(10)11/h4,6,8H,5,7,9H2,1-3H3/p+1. The van der Waals surface area contributed by atoms with E-state index in [0.717, 1.165) is 23.1 Å². The first-order chi connectivity index (χ1) is 8.04. The van der Waals surface area contributed by atoms with Crippen molar-refractivity contribution < 1.29 is 9.53 Å². The summed E-state index contributed by atoms with van der Waals surface area (Å²) in [6.07, 6.45) is 1.81. The molecule has 0 unspecified atom stereocenters. The first-order valence-electron chi connectivity index (χ1n) is 5.89. The van der Waals surface area contributed by atoms with Crippen molar-refractivity contribution in [2.24, 2.45) is 0 Å². The van der Waals surface area contributed by atoms with Gasteiger partial charge in [0.15, 0.2) is 11.4 Å². The molecule has 1 heterocycles. The molecule has 17 heavy (non-hydrogen) atoms. The van der Waals surface area contributed by atoms with Gasteiger partial charge in [-0.15, -0.1) is 0 Å². The maximum absolute atomic E-state index is 11.3. The van der Waals surface area contributed by atoms with Crippen LogP contribution >= 0.6 is 0 Å². The summed E-state index contributed by atoms with van der Waals surface area (Å²) in [5.41, 5.74) is 2.41. The van der Waals surface area contributed by atoms with Gasteiger partial charge in [-0.25, -0.2) is 4.79 Å². The van der Waals surface area contributed by atoms with Gasteiger partial charge in [0, 0.05) is 19.0 Å². The van der Waals surface area contributed by atoms with E-state index in [1.807, 2.05) is 12.1 Å². The summed E-state index contributed by atoms with van der Waals surface area (Å²) in [5, 5.41) is 2.48. The van der Waals surface area contributed by atoms with Crippen molar-refractivity contribution >= 4 is 11.8 Å². The third-order valence-electron chi connectivity index (χ3n) is 3.26. The first kappa shape index (κ1) is 11.9. The molecule has 0 atom stereocenters. The van der Waals surface area contributed by atoms with Crippen LogP contribution in [0.3, 0.4) is 0 Å². The van der Waals surface area contributed by atoms with Crippen molar-refractivity contribution in [2.75, 3.05) is 27.7 Å². The fraction of sp³-hybridized carbons (Fsp3) is 0.462. The number of hydrogen-bond acceptors (Lipinski definition) is 2. The minimum Gasteiger partial charge on any atom is -0.404 e. The number of ether oxygens (including phenoxy) is 1. The second-order valence-corrected chi connectivity index (χ2v) is 4.92. The van der Waals surface area contributed by atoms with Gasteiger partial charge in [0.05, 0.1) is 20.6 Å². The summed E-state index contributed by atoms with van der Waals surface area (Å²) in [6.45, 7) is 1.07. The second-order valence-electron chi connectivity index (χ2n) is 4.92. The fourth-order valence-electron chi connectivity index (χ4n) is 2.47. The highest BCUT2D eigenvalue weighted by atomic mass is 16.6. The van der Waals surface area contributed by atoms with Crippen LogP contribution in [0.25, 0.3) is 0 Å². The van der Waals surface area contributed by atoms with Crippen molar-refractivity contribution in [1.82, 2.24) is 9.80 Å². The Morgan fingerprint density at radius 3 is 2.88 bits per heavy atom. The number of nitrogens with zero attached hydrogens (tertiary/aromatic N) is 1. The number of para-hydroxylation sites is 1. The highest BCUT2D eigenvalue weighted by molar-refractivity contribution is 5.74. The Bertz CT molecular complexity index is 441. The highest BCUT2D eigenvalue weighted by Gasteiger charge is 2.31. The molecule has 0 saturated carbocycles. The van der Waals surface area contributed by atoms with Crippen molar-refractivity contribution in [3.63, 3.8) is 0 Å². The van der Waals surface area contributed by atoms with Gasteiger partial charge in [0.2, 0.25) is 0 Å². The Morgan fingerprint density at radius 1 is 1.41 bits per heavy atom. The molecule has 1 aromatic carbocycles. The molecular weight excluding hydrogens is 216 g/mol. The number of carbonyl (C=O) groups excluding carboxylic acids is 1. The monoisotopic (exact) mass is 235 g/mol. The van der Waals surface area contributed by atoms with E-state index in [4.69, 9.17) is 4.74 Å². The summed E-state index contributed by atoms with van der Waals surface area (Å²) >= 11 is 0. The number of carbonyl (C=O) groups is 1. The zero-order chi connectivity index (χ0) is 12.5. The van der Waals surface area contributed by atoms with Crippen molar-refractivity contribution in [2.45, 2.75) is 12.8 Å². The number of nitrogens with one attached hydrogen (secondary N) is 1. The molecule has 0 bridgehead atoms. The maximum atomic E-state index is 11.3. The quantitative estimate of drug-likeness (QED) is 0.755. The van der Waals surface area contributed by atoms with Gasteiger partial charge in [0.25, 0.3) is 0 Å². The van der Waals surface area contributed by atoms with E-state index in [9.17, 15) is 4.79 Å². The van der Waals surface area contributed by atoms with Gasteiger partial charge in [-0.1, -0.05) is 12.1 Å². The molecule has 1 aliphatic heterocycles. The Morgan fingerprint density at radius 2 is 2.18 bits per heavy atom. The number of rotatable bonds is 1. The van der Waals surface area contributed by atoms with Crippen molar-refractivity contribution in [1.29, 1.82) is 0 Å². The van der Waals surface area contributed by atoms with E-state index in [-0.39, 0.29) is 0 Å². The smallest absolute Gasteiger partial charge is 0.404 e. The van der Waals surface area contributed by atoms with Gasteiger partial charge in [-0.05, 0) is 12.5 Å². The van der Waals surface area contributed by atoms with Gasteiger partial charge < -0.3 is 10.1 Å². The number of quaternary nitrogens is 1. The molecule has 1 amide bonds. The number of fused-ring (bicyclic) bond motifs is 1. The van der Waals surface area contributed by atoms with Crippen LogP contribution in [0, 0.1) is 0 Å². The predicted octanol–water partition coefficient (Wildman–Crippen LogP) is 1.92. The van der Waals surface area contributed by atoms with Crippen LogP contribution in [-0.4, -0.2) is 33.8 Å². The van der Waals surface area contributed by atoms with Crippen molar-refractivity contribution in [3.05, 3.63) is 23.8 Å². The van der Waals surface area contributed by atoms with E-state index < -0.39 is 6.09 Å². The third kappa shape index (κ3) is 2.26. The largest absolute Gasteiger partial charge is 0.412 e. The summed E-state index contributed by atoms with van der Waals surface area (Å²) < 4.78 is 6.10. The molecule has 92 valence electrons. The van der Waals surface area contributed by atoms with Crippen LogP contribution < -0.4 is 14.5 Å². The Balaban J connectivity index is 2.43. The molecule has 1 aromatic rings. The second kappa shape index (κ2) is 4.37. The molecule has 0 aliphatic carbocycles. The summed E-state index contributed by atoms with van der Waals surface area (Å²) in [6, 6.07) is 5.92. The lowest BCUT2D eigenvalue weighted by Gasteiger charge is -2.35. The lowest BCUT2D eigenvalue weighted by Crippen LogP contribution is -2.45. The number of aryl methyl sites for hydroxylation is 1. The van der Waals surface area contributed by atoms with E-state index >= 15 is 0 Å². The van der Waals surface area contributed by atoms with Gasteiger partial charge >= 0.3 is 6.09 Å². The van der Waals surface area contributed by atoms with Gasteiger partial charge in [-0.2, -0.15) is 0 Å². The van der Waals surface area contributed by atoms with Crippen LogP contribution in [-0.2, 0) is 6.42 Å². The highest BCUT2D eigenvalue weighted by Crippen LogP contribution is 2.38. The van der Waals surface area contributed by atoms with Crippen LogP contribution in [0.1, 0.15) is 12.0 Å². The molecular formula is C13H19N2O2+. The molecule has 0 radical (unpaired) electrons. The number of hydrogen-bond donors (Lipinski definition) is 1. The Kier molecular flexibility index (Phi) is 3.07. The summed E-state index contributed by atoms with van der Waals surface area (Å²) in [7, 11) is 5.86. The molecule has 4 heteroatoms. The average Bonchev–Trinajstić information content (AvgIpc) is 2.28. The predicted molar refractivity (Wildman–Crippen MR) is 68.4 cm³/mol. The van der Waals surface area contributed by atoms with Crippen LogP contribution in [0.15, 0.2) is 18.2 Å². The van der Waals surface area contributed by atoms with E-state index in [2.05, 4.69) is 25.5 Å². The topological polar surface area (TPSA) is 38.3 Å². The van der Waals surface area contributed by atoms with E-state index in [1.54, 1.807) is 7.05 Å². The molecule has 4 nitrogen and oxygen atoms in total. The molecule has 2 rings (SSSR count). The van der Waals surface area contributed by atoms with Crippen LogP contribution in [0.5, 0.6) is 5.75 Å². The van der Waals surface area contributed by atoms with Crippen LogP contribution in [0.4, 0.5) is 10.5 Å². The van der Waals surface area contributed by atoms with E-state index in [1.165, 1.54) is 12.0 Å². The molecule has 1 aliphatic rings. The minimum atomic E-state index is -0.413. The Labute approximate surface area is 102 Å². The zero-order valence-electron chi connectivity index (χ0n) is 10.6. The molecule has 0 fully saturated rings. The molecule has 0 aromatic heterocycles. The summed E-state index contributed by atoms with van der Waals surface area (Å²) in [4.78, 5) is 11.3. The van der Waals surface area contributed by atoms with Gasteiger partial charge in [0.1, 0.15) is 0 Å². The molecule has 0 spiro atoms. The minimum absolute atomic E-state index is 0.413. The maximum Gasteiger partial charge on any atom is 0.412 e. The normalized spacial score (nSPS) is 17.1. The number of amides is 1. The van der Waals surface area contributed by atoms with Gasteiger partial charge in [-0.3, -0.25) is 4.48 Å². The fourth-order valence-corrected chi connectivity index (χ4v) is 2.47. The summed E-state index contributed by atoms with van der Waals surface area (Å²) in [5.74, 6) is 0.673. The number of benzene rings is 1. The first-order valence-corrected chi connectivity index (χ1v) is 5.89.